The fraction of sp³-hybridized carbons (Fsp3) is 0. The van der Waals surface area contributed by atoms with Crippen LogP contribution >= 0.6 is 0 Å². The fourth-order valence-electron chi connectivity index (χ4n) is 0. The summed E-state index contributed by atoms with van der Waals surface area (Å²) >= 11 is 0. The van der Waals surface area contributed by atoms with Crippen LogP contribution in [0.25, 0.3) is 6.15 Å². The van der Waals surface area contributed by atoms with Crippen molar-refractivity contribution in [2.24, 2.45) is 0 Å². The minimum atomic E-state index is -5.17. The Labute approximate surface area is 51.7 Å². The fourth-order valence-corrected chi connectivity index (χ4v) is 0. The molecule has 2 N–H and O–H groups in total. The summed E-state index contributed by atoms with van der Waals surface area (Å²) in [5, 5.41) is 0. The summed E-state index contributed by atoms with van der Waals surface area (Å²) in [5.74, 6) is 0. The van der Waals surface area contributed by atoms with Gasteiger partial charge in [0.25, 0.3) is 0 Å². The van der Waals surface area contributed by atoms with Crippen molar-refractivity contribution < 1.29 is 34.6 Å². The predicted molar refractivity (Wildman–Crippen MR) is 15.8 cm³/mol. The van der Waals surface area contributed by atoms with Crippen molar-refractivity contribution in [2.75, 3.05) is 0 Å². The monoisotopic (exact) mass is 168 g/mol. The minimum absolute atomic E-state index is 0. The minimum Gasteiger partial charge on any atom is -0.759 e. The predicted octanol–water partition coefficient (Wildman–Crippen LogP) is -0.623. The molecule has 0 aliphatic heterocycles. The molecule has 0 saturated carbocycles. The molecule has 0 rings (SSSR count). The number of hydrogen-bond donors (Lipinski definition) is 0. The first kappa shape index (κ1) is 15.7. The molecule has 7 heteroatoms. The normalized spacial score (nSPS) is 8.29. The van der Waals surface area contributed by atoms with Gasteiger partial charge in [-0.15, -0.1) is 0 Å². The van der Waals surface area contributed by atoms with E-state index in [1.807, 2.05) is 0 Å². The zero-order valence-electron chi connectivity index (χ0n) is 2.97. The summed E-state index contributed by atoms with van der Waals surface area (Å²) in [5.41, 5.74) is 0. The van der Waals surface area contributed by atoms with E-state index >= 15 is 0 Å². The number of nitrogens with two attached hydrogens (primary N) is 1. The SMILES string of the molecule is O=S(=O)([O-])[O-].[Fe+3].[NH2-]. The molecule has 0 aromatic carbocycles. The van der Waals surface area contributed by atoms with E-state index in [0.29, 0.717) is 0 Å². The number of hydrogen-bond acceptors (Lipinski definition) is 4. The standard InChI is InChI=1S/Fe.H2N.H2O4S/c;;1-5(2,3)4/h;1H2;(H2,1,2,3,4)/q+3;-1;/p-2. The maximum atomic E-state index is 8.52. The average Bonchev–Trinajstić information content (AvgIpc) is 0.722. The van der Waals surface area contributed by atoms with E-state index < -0.39 is 10.4 Å². The van der Waals surface area contributed by atoms with Gasteiger partial charge in [-0.25, -0.2) is 0 Å². The summed E-state index contributed by atoms with van der Waals surface area (Å²) in [6.45, 7) is 0. The first-order chi connectivity index (χ1) is 2.00. The van der Waals surface area contributed by atoms with Gasteiger partial charge in [-0.05, 0) is 0 Å². The largest absolute Gasteiger partial charge is 3.00 e. The first-order valence-electron chi connectivity index (χ1n) is 0.667. The Hall–Kier alpha value is 0.349. The quantitative estimate of drug-likeness (QED) is 0.272. The Bertz CT molecular complexity index is 94.9. The maximum absolute atomic E-state index is 8.52. The molecule has 0 heterocycles. The second kappa shape index (κ2) is 4.51. The van der Waals surface area contributed by atoms with Gasteiger partial charge in [-0.1, -0.05) is 0 Å². The molecule has 0 saturated heterocycles. The molecule has 0 aliphatic carbocycles. The first-order valence-corrected chi connectivity index (χ1v) is 2.00. The Morgan fingerprint density at radius 2 is 1.14 bits per heavy atom. The van der Waals surface area contributed by atoms with Crippen LogP contribution in [0.4, 0.5) is 0 Å². The van der Waals surface area contributed by atoms with Crippen LogP contribution in [0.5, 0.6) is 0 Å². The molecule has 0 unspecified atom stereocenters. The van der Waals surface area contributed by atoms with Gasteiger partial charge in [0, 0.05) is 10.4 Å². The molecule has 1 radical (unpaired) electrons. The summed E-state index contributed by atoms with van der Waals surface area (Å²) in [7, 11) is -5.17. The van der Waals surface area contributed by atoms with Gasteiger partial charge in [-0.2, -0.15) is 0 Å². The van der Waals surface area contributed by atoms with E-state index in [-0.39, 0.29) is 23.2 Å². The van der Waals surface area contributed by atoms with Crippen LogP contribution in [-0.4, -0.2) is 17.5 Å². The zero-order valence-corrected chi connectivity index (χ0v) is 4.89. The molecule has 0 amide bonds. The molecule has 0 aliphatic rings. The van der Waals surface area contributed by atoms with E-state index in [1.54, 1.807) is 0 Å². The number of rotatable bonds is 0. The maximum Gasteiger partial charge on any atom is 3.00 e. The van der Waals surface area contributed by atoms with E-state index in [9.17, 15) is 0 Å². The van der Waals surface area contributed by atoms with Crippen LogP contribution in [0, 0.1) is 0 Å². The van der Waals surface area contributed by atoms with Crippen molar-refractivity contribution in [3.8, 4) is 0 Å². The van der Waals surface area contributed by atoms with Gasteiger partial charge in [0.1, 0.15) is 0 Å². The molecule has 45 valence electrons. The topological polar surface area (TPSA) is 114 Å². The molecule has 0 atom stereocenters. The van der Waals surface area contributed by atoms with Gasteiger partial charge in [0.2, 0.25) is 0 Å². The van der Waals surface area contributed by atoms with Crippen molar-refractivity contribution in [3.63, 3.8) is 0 Å². The van der Waals surface area contributed by atoms with Gasteiger partial charge in [0.15, 0.2) is 0 Å². The molecule has 5 nitrogen and oxygen atoms in total. The van der Waals surface area contributed by atoms with Crippen molar-refractivity contribution in [1.82, 2.24) is 0 Å². The second-order valence-corrected chi connectivity index (χ2v) is 1.22. The molecular formula is H2FeNO4S. The molecule has 0 aromatic rings. The van der Waals surface area contributed by atoms with Crippen LogP contribution in [0.3, 0.4) is 0 Å². The molecule has 0 spiro atoms. The van der Waals surface area contributed by atoms with E-state index in [0.717, 1.165) is 0 Å². The van der Waals surface area contributed by atoms with Crippen LogP contribution < -0.4 is 0 Å². The third-order valence-corrected chi connectivity index (χ3v) is 0. The molecule has 0 fully saturated rings. The Balaban J connectivity index is -0.0000000800. The third kappa shape index (κ3) is 983. The van der Waals surface area contributed by atoms with Gasteiger partial charge in [-0.3, -0.25) is 8.42 Å². The zero-order chi connectivity index (χ0) is 4.50. The van der Waals surface area contributed by atoms with Crippen molar-refractivity contribution >= 4 is 10.4 Å². The van der Waals surface area contributed by atoms with Crippen LogP contribution in [0.1, 0.15) is 0 Å². The molecule has 0 aromatic heterocycles. The molecule has 7 heavy (non-hydrogen) atoms. The van der Waals surface area contributed by atoms with Crippen molar-refractivity contribution in [1.29, 1.82) is 0 Å². The summed E-state index contributed by atoms with van der Waals surface area (Å²) in [6, 6.07) is 0. The van der Waals surface area contributed by atoms with E-state index in [4.69, 9.17) is 17.5 Å². The smallest absolute Gasteiger partial charge is 0.759 e. The van der Waals surface area contributed by atoms with Crippen molar-refractivity contribution in [3.05, 3.63) is 6.15 Å². The third-order valence-electron chi connectivity index (χ3n) is 0. The van der Waals surface area contributed by atoms with Crippen LogP contribution in [-0.2, 0) is 27.5 Å². The van der Waals surface area contributed by atoms with Crippen molar-refractivity contribution in [2.45, 2.75) is 0 Å². The summed E-state index contributed by atoms with van der Waals surface area (Å²) in [4.78, 5) is 0. The average molecular weight is 168 g/mol. The van der Waals surface area contributed by atoms with Gasteiger partial charge < -0.3 is 15.3 Å². The molecular weight excluding hydrogens is 166 g/mol. The Morgan fingerprint density at radius 1 is 1.14 bits per heavy atom. The second-order valence-electron chi connectivity index (χ2n) is 0.408. The van der Waals surface area contributed by atoms with Crippen LogP contribution in [0.15, 0.2) is 0 Å². The summed E-state index contributed by atoms with van der Waals surface area (Å²) < 4.78 is 34.1. The van der Waals surface area contributed by atoms with Crippen LogP contribution in [0.2, 0.25) is 0 Å². The Kier molecular flexibility index (Phi) is 10.1. The summed E-state index contributed by atoms with van der Waals surface area (Å²) in [6.07, 6.45) is 0. The molecule has 0 bridgehead atoms. The van der Waals surface area contributed by atoms with E-state index in [2.05, 4.69) is 0 Å². The van der Waals surface area contributed by atoms with E-state index in [1.165, 1.54) is 0 Å². The van der Waals surface area contributed by atoms with Gasteiger partial charge in [0.05, 0.1) is 0 Å². The Morgan fingerprint density at radius 3 is 1.14 bits per heavy atom. The van der Waals surface area contributed by atoms with Gasteiger partial charge >= 0.3 is 17.1 Å².